The minimum atomic E-state index is -0.591. The van der Waals surface area contributed by atoms with Crippen LogP contribution in [0.15, 0.2) is 24.3 Å². The predicted molar refractivity (Wildman–Crippen MR) is 80.8 cm³/mol. The van der Waals surface area contributed by atoms with Gasteiger partial charge < -0.3 is 16.0 Å². The van der Waals surface area contributed by atoms with Gasteiger partial charge >= 0.3 is 0 Å². The monoisotopic (exact) mass is 277 g/mol. The molecule has 1 aromatic carbocycles. The molecule has 1 unspecified atom stereocenters. The van der Waals surface area contributed by atoms with Gasteiger partial charge in [0.05, 0.1) is 5.56 Å². The zero-order valence-corrected chi connectivity index (χ0v) is 12.7. The van der Waals surface area contributed by atoms with E-state index < -0.39 is 6.04 Å². The SMILES string of the molecule is CNc1ccccc1C(=O)NC(C)C(=O)NC(C)(C)C. The van der Waals surface area contributed by atoms with Gasteiger partial charge in [0.2, 0.25) is 5.91 Å². The van der Waals surface area contributed by atoms with Gasteiger partial charge in [-0.05, 0) is 39.8 Å². The Kier molecular flexibility index (Phi) is 5.13. The van der Waals surface area contributed by atoms with Crippen LogP contribution in [0, 0.1) is 0 Å². The quantitative estimate of drug-likeness (QED) is 0.785. The third-order valence-electron chi connectivity index (χ3n) is 2.68. The van der Waals surface area contributed by atoms with Crippen LogP contribution in [0.4, 0.5) is 5.69 Å². The molecule has 0 spiro atoms. The van der Waals surface area contributed by atoms with Crippen LogP contribution in [-0.2, 0) is 4.79 Å². The molecule has 0 heterocycles. The van der Waals surface area contributed by atoms with Crippen LogP contribution in [0.5, 0.6) is 0 Å². The van der Waals surface area contributed by atoms with Crippen molar-refractivity contribution in [2.24, 2.45) is 0 Å². The van der Waals surface area contributed by atoms with Crippen molar-refractivity contribution in [1.29, 1.82) is 0 Å². The lowest BCUT2D eigenvalue weighted by Crippen LogP contribution is -2.50. The Morgan fingerprint density at radius 3 is 2.30 bits per heavy atom. The van der Waals surface area contributed by atoms with E-state index in [0.717, 1.165) is 5.69 Å². The molecular weight excluding hydrogens is 254 g/mol. The molecule has 1 aromatic rings. The first-order valence-electron chi connectivity index (χ1n) is 6.64. The van der Waals surface area contributed by atoms with Crippen molar-refractivity contribution in [1.82, 2.24) is 10.6 Å². The normalized spacial score (nSPS) is 12.4. The van der Waals surface area contributed by atoms with Crippen LogP contribution in [0.2, 0.25) is 0 Å². The molecule has 0 bridgehead atoms. The molecule has 0 saturated heterocycles. The van der Waals surface area contributed by atoms with E-state index in [4.69, 9.17) is 0 Å². The summed E-state index contributed by atoms with van der Waals surface area (Å²) in [6, 6.07) is 6.57. The average Bonchev–Trinajstić information content (AvgIpc) is 2.36. The first-order valence-corrected chi connectivity index (χ1v) is 6.64. The summed E-state index contributed by atoms with van der Waals surface area (Å²) in [5.41, 5.74) is 0.928. The van der Waals surface area contributed by atoms with Crippen LogP contribution in [0.25, 0.3) is 0 Å². The molecule has 20 heavy (non-hydrogen) atoms. The van der Waals surface area contributed by atoms with Gasteiger partial charge in [-0.2, -0.15) is 0 Å². The summed E-state index contributed by atoms with van der Waals surface area (Å²) < 4.78 is 0. The highest BCUT2D eigenvalue weighted by Gasteiger charge is 2.21. The number of para-hydroxylation sites is 1. The van der Waals surface area contributed by atoms with Crippen molar-refractivity contribution in [3.05, 3.63) is 29.8 Å². The van der Waals surface area contributed by atoms with Crippen molar-refractivity contribution in [3.8, 4) is 0 Å². The lowest BCUT2D eigenvalue weighted by atomic mass is 10.1. The van der Waals surface area contributed by atoms with Gasteiger partial charge in [0.25, 0.3) is 5.91 Å². The topological polar surface area (TPSA) is 70.2 Å². The summed E-state index contributed by atoms with van der Waals surface area (Å²) in [5.74, 6) is -0.473. The maximum atomic E-state index is 12.2. The van der Waals surface area contributed by atoms with Crippen LogP contribution in [-0.4, -0.2) is 30.4 Å². The van der Waals surface area contributed by atoms with Crippen LogP contribution in [0.1, 0.15) is 38.1 Å². The van der Waals surface area contributed by atoms with E-state index in [0.29, 0.717) is 5.56 Å². The first kappa shape index (κ1) is 16.0. The Morgan fingerprint density at radius 2 is 1.75 bits per heavy atom. The van der Waals surface area contributed by atoms with E-state index in [2.05, 4.69) is 16.0 Å². The summed E-state index contributed by atoms with van der Waals surface area (Å²) >= 11 is 0. The van der Waals surface area contributed by atoms with E-state index in [1.165, 1.54) is 0 Å². The van der Waals surface area contributed by atoms with Crippen LogP contribution >= 0.6 is 0 Å². The Hall–Kier alpha value is -2.04. The Balaban J connectivity index is 2.73. The molecule has 0 aliphatic carbocycles. The largest absolute Gasteiger partial charge is 0.387 e. The fourth-order valence-electron chi connectivity index (χ4n) is 1.72. The number of hydrogen-bond donors (Lipinski definition) is 3. The smallest absolute Gasteiger partial charge is 0.254 e. The zero-order chi connectivity index (χ0) is 15.3. The molecule has 110 valence electrons. The van der Waals surface area contributed by atoms with E-state index in [-0.39, 0.29) is 17.4 Å². The van der Waals surface area contributed by atoms with Crippen molar-refractivity contribution in [3.63, 3.8) is 0 Å². The number of amides is 2. The average molecular weight is 277 g/mol. The van der Waals surface area contributed by atoms with Crippen molar-refractivity contribution in [2.45, 2.75) is 39.3 Å². The fourth-order valence-corrected chi connectivity index (χ4v) is 1.72. The molecule has 0 aliphatic rings. The second-order valence-electron chi connectivity index (χ2n) is 5.73. The third kappa shape index (κ3) is 4.57. The molecule has 0 aromatic heterocycles. The molecular formula is C15H23N3O2. The molecule has 0 radical (unpaired) electrons. The Labute approximate surface area is 120 Å². The standard InChI is InChI=1S/C15H23N3O2/c1-10(13(19)18-15(2,3)4)17-14(20)11-8-6-7-9-12(11)16-5/h6-10,16H,1-5H3,(H,17,20)(H,18,19). The molecule has 0 aliphatic heterocycles. The van der Waals surface area contributed by atoms with E-state index in [1.807, 2.05) is 32.9 Å². The second-order valence-corrected chi connectivity index (χ2v) is 5.73. The number of rotatable bonds is 4. The summed E-state index contributed by atoms with van der Waals surface area (Å²) in [4.78, 5) is 24.1. The molecule has 3 N–H and O–H groups in total. The number of nitrogens with one attached hydrogen (secondary N) is 3. The van der Waals surface area contributed by atoms with Gasteiger partial charge in [0.1, 0.15) is 6.04 Å². The highest BCUT2D eigenvalue weighted by atomic mass is 16.2. The third-order valence-corrected chi connectivity index (χ3v) is 2.68. The molecule has 2 amide bonds. The number of benzene rings is 1. The summed E-state index contributed by atoms with van der Waals surface area (Å²) in [5, 5.41) is 8.49. The van der Waals surface area contributed by atoms with Crippen molar-refractivity contribution >= 4 is 17.5 Å². The lowest BCUT2D eigenvalue weighted by Gasteiger charge is -2.23. The van der Waals surface area contributed by atoms with Gasteiger partial charge in [-0.3, -0.25) is 9.59 Å². The molecule has 0 saturated carbocycles. The molecule has 1 rings (SSSR count). The number of carbonyl (C=O) groups excluding carboxylic acids is 2. The van der Waals surface area contributed by atoms with E-state index >= 15 is 0 Å². The minimum absolute atomic E-state index is 0.201. The number of carbonyl (C=O) groups is 2. The van der Waals surface area contributed by atoms with Gasteiger partial charge in [-0.1, -0.05) is 12.1 Å². The lowest BCUT2D eigenvalue weighted by molar-refractivity contribution is -0.124. The van der Waals surface area contributed by atoms with Gasteiger partial charge in [0, 0.05) is 18.3 Å². The Morgan fingerprint density at radius 1 is 1.15 bits per heavy atom. The van der Waals surface area contributed by atoms with Crippen LogP contribution in [0.3, 0.4) is 0 Å². The van der Waals surface area contributed by atoms with E-state index in [9.17, 15) is 9.59 Å². The van der Waals surface area contributed by atoms with Crippen molar-refractivity contribution in [2.75, 3.05) is 12.4 Å². The Bertz CT molecular complexity index is 492. The summed E-state index contributed by atoms with van der Waals surface area (Å²) in [6.07, 6.45) is 0. The minimum Gasteiger partial charge on any atom is -0.387 e. The number of anilines is 1. The van der Waals surface area contributed by atoms with Crippen molar-refractivity contribution < 1.29 is 9.59 Å². The molecule has 5 nitrogen and oxygen atoms in total. The van der Waals surface area contributed by atoms with Gasteiger partial charge in [-0.25, -0.2) is 0 Å². The maximum Gasteiger partial charge on any atom is 0.254 e. The predicted octanol–water partition coefficient (Wildman–Crippen LogP) is 1.76. The fraction of sp³-hybridized carbons (Fsp3) is 0.467. The summed E-state index contributed by atoms with van der Waals surface area (Å²) in [7, 11) is 1.75. The highest BCUT2D eigenvalue weighted by Crippen LogP contribution is 2.14. The number of hydrogen-bond acceptors (Lipinski definition) is 3. The second kappa shape index (κ2) is 6.41. The zero-order valence-electron chi connectivity index (χ0n) is 12.7. The maximum absolute atomic E-state index is 12.2. The van der Waals surface area contributed by atoms with Gasteiger partial charge in [0.15, 0.2) is 0 Å². The van der Waals surface area contributed by atoms with E-state index in [1.54, 1.807) is 26.1 Å². The summed E-state index contributed by atoms with van der Waals surface area (Å²) in [6.45, 7) is 7.36. The molecule has 5 heteroatoms. The highest BCUT2D eigenvalue weighted by molar-refractivity contribution is 6.01. The first-order chi connectivity index (χ1) is 9.24. The molecule has 0 fully saturated rings. The van der Waals surface area contributed by atoms with Gasteiger partial charge in [-0.15, -0.1) is 0 Å². The van der Waals surface area contributed by atoms with Crippen LogP contribution < -0.4 is 16.0 Å². The molecule has 1 atom stereocenters.